The summed E-state index contributed by atoms with van der Waals surface area (Å²) in [4.78, 5) is 10.9. The fourth-order valence-electron chi connectivity index (χ4n) is 4.70. The van der Waals surface area contributed by atoms with Crippen LogP contribution >= 0.6 is 0 Å². The number of hydrogen-bond acceptors (Lipinski definition) is 4. The molecule has 0 bridgehead atoms. The third kappa shape index (κ3) is 9.27. The summed E-state index contributed by atoms with van der Waals surface area (Å²) < 4.78 is 9.27. The van der Waals surface area contributed by atoms with Crippen molar-refractivity contribution in [2.75, 3.05) is 13.7 Å². The number of methoxy groups -OCH3 is 1. The Bertz CT molecular complexity index is 463. The van der Waals surface area contributed by atoms with Crippen LogP contribution in [-0.2, 0) is 9.47 Å². The van der Waals surface area contributed by atoms with Crippen LogP contribution in [-0.4, -0.2) is 30.6 Å². The second-order valence-electron chi connectivity index (χ2n) is 8.74. The van der Waals surface area contributed by atoms with Gasteiger partial charge in [-0.2, -0.15) is 0 Å². The van der Waals surface area contributed by atoms with E-state index in [1.54, 1.807) is 6.08 Å². The molecule has 0 spiro atoms. The highest BCUT2D eigenvalue weighted by Crippen LogP contribution is 2.34. The molecular weight excluding hydrogens is 352 g/mol. The highest BCUT2D eigenvalue weighted by atomic mass is 16.7. The molecule has 2 rings (SSSR count). The van der Waals surface area contributed by atoms with Crippen molar-refractivity contribution in [1.82, 2.24) is 0 Å². The Morgan fingerprint density at radius 3 is 1.96 bits per heavy atom. The molecule has 2 aliphatic rings. The molecule has 4 heteroatoms. The second-order valence-corrected chi connectivity index (χ2v) is 8.74. The van der Waals surface area contributed by atoms with Gasteiger partial charge < -0.3 is 14.6 Å². The lowest BCUT2D eigenvalue weighted by Crippen LogP contribution is -2.28. The van der Waals surface area contributed by atoms with Gasteiger partial charge in [-0.1, -0.05) is 82.4 Å². The van der Waals surface area contributed by atoms with Gasteiger partial charge in [0.2, 0.25) is 0 Å². The molecule has 2 saturated carbocycles. The van der Waals surface area contributed by atoms with Crippen molar-refractivity contribution in [3.8, 4) is 0 Å². The van der Waals surface area contributed by atoms with E-state index in [9.17, 15) is 9.90 Å². The Hall–Kier alpha value is -1.29. The van der Waals surface area contributed by atoms with Crippen molar-refractivity contribution in [1.29, 1.82) is 0 Å². The van der Waals surface area contributed by atoms with Gasteiger partial charge in [-0.05, 0) is 43.6 Å². The molecule has 0 radical (unpaired) electrons. The number of hydrogen-bond donors (Lipinski definition) is 1. The molecule has 0 heterocycles. The number of ether oxygens (including phenoxy) is 2. The molecular formula is C24H40O4. The molecule has 4 nitrogen and oxygen atoms in total. The zero-order valence-electron chi connectivity index (χ0n) is 17.7. The van der Waals surface area contributed by atoms with Crippen LogP contribution in [0.1, 0.15) is 89.9 Å². The molecule has 2 aliphatic carbocycles. The molecule has 1 N–H and O–H groups in total. The van der Waals surface area contributed by atoms with Crippen molar-refractivity contribution < 1.29 is 19.4 Å². The Morgan fingerprint density at radius 2 is 1.46 bits per heavy atom. The van der Waals surface area contributed by atoms with E-state index in [1.165, 1.54) is 71.3 Å². The maximum Gasteiger partial charge on any atom is 0.508 e. The Kier molecular flexibility index (Phi) is 10.7. The van der Waals surface area contributed by atoms with E-state index in [0.29, 0.717) is 0 Å². The third-order valence-corrected chi connectivity index (χ3v) is 6.54. The standard InChI is InChI=1S/C24H40O4/c1-27-23(25)28-20-10-4-9-17-24(26,18-15-21-11-5-2-6-12-21)19-16-22-13-7-3-8-14-22/h4,9-10,17,21-22,26H,2-3,5-8,11-16,18-20H2,1H3/b10-4+,17-9+. The second kappa shape index (κ2) is 13.0. The minimum atomic E-state index is -0.720. The summed E-state index contributed by atoms with van der Waals surface area (Å²) in [6, 6.07) is 0. The predicted molar refractivity (Wildman–Crippen MR) is 113 cm³/mol. The summed E-state index contributed by atoms with van der Waals surface area (Å²) >= 11 is 0. The third-order valence-electron chi connectivity index (χ3n) is 6.54. The summed E-state index contributed by atoms with van der Waals surface area (Å²) in [6.07, 6.45) is 24.2. The fraction of sp³-hybridized carbons (Fsp3) is 0.792. The highest BCUT2D eigenvalue weighted by Gasteiger charge is 2.27. The molecule has 28 heavy (non-hydrogen) atoms. The zero-order chi connectivity index (χ0) is 20.1. The first-order valence-corrected chi connectivity index (χ1v) is 11.4. The van der Waals surface area contributed by atoms with Crippen LogP contribution in [0.3, 0.4) is 0 Å². The van der Waals surface area contributed by atoms with Gasteiger partial charge in [-0.25, -0.2) is 4.79 Å². The lowest BCUT2D eigenvalue weighted by molar-refractivity contribution is 0.0537. The first-order valence-electron chi connectivity index (χ1n) is 11.4. The van der Waals surface area contributed by atoms with Crippen molar-refractivity contribution in [3.63, 3.8) is 0 Å². The smallest absolute Gasteiger partial charge is 0.438 e. The van der Waals surface area contributed by atoms with Crippen LogP contribution < -0.4 is 0 Å². The SMILES string of the molecule is COC(=O)OC/C=C/C=C/C(O)(CCC1CCCCC1)CCC1CCCCC1. The summed E-state index contributed by atoms with van der Waals surface area (Å²) in [7, 11) is 1.30. The fourth-order valence-corrected chi connectivity index (χ4v) is 4.70. The Labute approximate surface area is 171 Å². The van der Waals surface area contributed by atoms with E-state index >= 15 is 0 Å². The van der Waals surface area contributed by atoms with E-state index in [4.69, 9.17) is 4.74 Å². The van der Waals surface area contributed by atoms with E-state index in [0.717, 1.165) is 37.5 Å². The van der Waals surface area contributed by atoms with Gasteiger partial charge >= 0.3 is 6.16 Å². The highest BCUT2D eigenvalue weighted by molar-refractivity contribution is 5.59. The predicted octanol–water partition coefficient (Wildman–Crippen LogP) is 6.33. The molecule has 0 aromatic rings. The van der Waals surface area contributed by atoms with Crippen LogP contribution in [0, 0.1) is 11.8 Å². The van der Waals surface area contributed by atoms with Gasteiger partial charge in [-0.15, -0.1) is 0 Å². The average molecular weight is 393 g/mol. The Morgan fingerprint density at radius 1 is 0.929 bits per heavy atom. The first-order chi connectivity index (χ1) is 13.6. The van der Waals surface area contributed by atoms with Gasteiger partial charge in [0.1, 0.15) is 6.61 Å². The van der Waals surface area contributed by atoms with E-state index in [1.807, 2.05) is 18.2 Å². The van der Waals surface area contributed by atoms with Gasteiger partial charge in [0.15, 0.2) is 0 Å². The molecule has 160 valence electrons. The minimum absolute atomic E-state index is 0.180. The van der Waals surface area contributed by atoms with Crippen molar-refractivity contribution >= 4 is 6.16 Å². The van der Waals surface area contributed by atoms with Gasteiger partial charge in [0, 0.05) is 0 Å². The van der Waals surface area contributed by atoms with E-state index in [2.05, 4.69) is 4.74 Å². The number of allylic oxidation sites excluding steroid dienone is 2. The van der Waals surface area contributed by atoms with E-state index < -0.39 is 11.8 Å². The monoisotopic (exact) mass is 392 g/mol. The molecule has 0 atom stereocenters. The Balaban J connectivity index is 1.84. The number of aliphatic hydroxyl groups is 1. The number of carbonyl (C=O) groups is 1. The van der Waals surface area contributed by atoms with Gasteiger partial charge in [0.05, 0.1) is 12.7 Å². The van der Waals surface area contributed by atoms with Crippen LogP contribution in [0.15, 0.2) is 24.3 Å². The molecule has 0 aromatic heterocycles. The summed E-state index contributed by atoms with van der Waals surface area (Å²) in [5.74, 6) is 1.57. The van der Waals surface area contributed by atoms with E-state index in [-0.39, 0.29) is 6.61 Å². The molecule has 0 aliphatic heterocycles. The average Bonchev–Trinajstić information content (AvgIpc) is 2.75. The summed E-state index contributed by atoms with van der Waals surface area (Å²) in [5.41, 5.74) is -0.720. The largest absolute Gasteiger partial charge is 0.508 e. The van der Waals surface area contributed by atoms with Crippen LogP contribution in [0.25, 0.3) is 0 Å². The number of rotatable bonds is 10. The van der Waals surface area contributed by atoms with Gasteiger partial charge in [-0.3, -0.25) is 0 Å². The number of carbonyl (C=O) groups excluding carboxylic acids is 1. The molecule has 0 aromatic carbocycles. The van der Waals surface area contributed by atoms with Crippen LogP contribution in [0.4, 0.5) is 4.79 Å². The maximum absolute atomic E-state index is 11.3. The van der Waals surface area contributed by atoms with Crippen LogP contribution in [0.5, 0.6) is 0 Å². The molecule has 0 unspecified atom stereocenters. The first kappa shape index (κ1) is 23.0. The van der Waals surface area contributed by atoms with Crippen molar-refractivity contribution in [2.45, 2.75) is 95.5 Å². The minimum Gasteiger partial charge on any atom is -0.438 e. The zero-order valence-corrected chi connectivity index (χ0v) is 17.7. The summed E-state index contributed by atoms with van der Waals surface area (Å²) in [5, 5.41) is 11.3. The molecule has 2 fully saturated rings. The van der Waals surface area contributed by atoms with Crippen LogP contribution in [0.2, 0.25) is 0 Å². The quantitative estimate of drug-likeness (QED) is 0.348. The van der Waals surface area contributed by atoms with Crippen molar-refractivity contribution in [3.05, 3.63) is 24.3 Å². The normalized spacial score (nSPS) is 20.1. The molecule has 0 amide bonds. The lowest BCUT2D eigenvalue weighted by atomic mass is 9.79. The molecule has 0 saturated heterocycles. The topological polar surface area (TPSA) is 55.8 Å². The summed E-state index contributed by atoms with van der Waals surface area (Å²) in [6.45, 7) is 0.180. The lowest BCUT2D eigenvalue weighted by Gasteiger charge is -2.31. The maximum atomic E-state index is 11.3. The van der Waals surface area contributed by atoms with Crippen molar-refractivity contribution in [2.24, 2.45) is 11.8 Å². The van der Waals surface area contributed by atoms with Gasteiger partial charge in [0.25, 0.3) is 0 Å².